The summed E-state index contributed by atoms with van der Waals surface area (Å²) in [6.07, 6.45) is -4.59. The molecule has 8 nitrogen and oxygen atoms in total. The highest BCUT2D eigenvalue weighted by molar-refractivity contribution is 7.92. The Morgan fingerprint density at radius 2 is 1.58 bits per heavy atom. The van der Waals surface area contributed by atoms with E-state index in [2.05, 4.69) is 9.71 Å². The number of alkyl halides is 3. The van der Waals surface area contributed by atoms with Gasteiger partial charge < -0.3 is 14.0 Å². The topological polar surface area (TPSA) is 99.5 Å². The van der Waals surface area contributed by atoms with E-state index in [4.69, 9.17) is 9.47 Å². The van der Waals surface area contributed by atoms with Gasteiger partial charge in [-0.15, -0.1) is 0 Å². The molecule has 222 valence electrons. The Morgan fingerprint density at radius 3 is 2.21 bits per heavy atom. The highest BCUT2D eigenvalue weighted by Gasteiger charge is 2.31. The maximum Gasteiger partial charge on any atom is 0.416 e. The summed E-state index contributed by atoms with van der Waals surface area (Å²) in [4.78, 5) is 18.0. The van der Waals surface area contributed by atoms with Crippen LogP contribution in [0.5, 0.6) is 11.6 Å². The summed E-state index contributed by atoms with van der Waals surface area (Å²) in [5.74, 6) is 0.704. The van der Waals surface area contributed by atoms with E-state index < -0.39 is 21.8 Å². The number of nitrogens with zero attached hydrogens (tertiary/aromatic N) is 2. The molecule has 5 aromatic rings. The van der Waals surface area contributed by atoms with Crippen molar-refractivity contribution in [3.63, 3.8) is 0 Å². The molecule has 0 bridgehead atoms. The van der Waals surface area contributed by atoms with E-state index in [1.54, 1.807) is 72.2 Å². The van der Waals surface area contributed by atoms with Crippen molar-refractivity contribution in [1.82, 2.24) is 9.55 Å². The van der Waals surface area contributed by atoms with Crippen LogP contribution in [0, 0.1) is 6.92 Å². The quantitative estimate of drug-likeness (QED) is 0.193. The number of methoxy groups -OCH3 is 2. The van der Waals surface area contributed by atoms with Gasteiger partial charge in [0.15, 0.2) is 5.78 Å². The molecule has 0 radical (unpaired) electrons. The van der Waals surface area contributed by atoms with Crippen molar-refractivity contribution in [2.24, 2.45) is 0 Å². The molecule has 5 rings (SSSR count). The number of ketones is 1. The second kappa shape index (κ2) is 11.4. The predicted octanol–water partition coefficient (Wildman–Crippen LogP) is 6.46. The van der Waals surface area contributed by atoms with Gasteiger partial charge in [0.05, 0.1) is 42.5 Å². The zero-order chi connectivity index (χ0) is 30.9. The van der Waals surface area contributed by atoms with Crippen molar-refractivity contribution in [2.75, 3.05) is 18.9 Å². The van der Waals surface area contributed by atoms with Gasteiger partial charge in [0.25, 0.3) is 10.0 Å². The molecule has 0 saturated heterocycles. The molecule has 0 unspecified atom stereocenters. The van der Waals surface area contributed by atoms with Gasteiger partial charge in [-0.2, -0.15) is 18.2 Å². The Kier molecular flexibility index (Phi) is 7.89. The molecule has 0 fully saturated rings. The predicted molar refractivity (Wildman–Crippen MR) is 155 cm³/mol. The summed E-state index contributed by atoms with van der Waals surface area (Å²) >= 11 is 0. The van der Waals surface area contributed by atoms with Crippen LogP contribution >= 0.6 is 0 Å². The van der Waals surface area contributed by atoms with Crippen LogP contribution < -0.4 is 14.2 Å². The van der Waals surface area contributed by atoms with Crippen LogP contribution in [-0.2, 0) is 22.7 Å². The third kappa shape index (κ3) is 5.91. The summed E-state index contributed by atoms with van der Waals surface area (Å²) in [5.41, 5.74) is 1.72. The molecule has 3 aromatic carbocycles. The first-order chi connectivity index (χ1) is 20.4. The molecule has 0 aliphatic carbocycles. The lowest BCUT2D eigenvalue weighted by Crippen LogP contribution is -2.16. The minimum Gasteiger partial charge on any atom is -0.497 e. The van der Waals surface area contributed by atoms with Crippen LogP contribution in [0.4, 0.5) is 18.9 Å². The van der Waals surface area contributed by atoms with Crippen molar-refractivity contribution in [3.05, 3.63) is 113 Å². The van der Waals surface area contributed by atoms with Crippen LogP contribution in [-0.4, -0.2) is 38.0 Å². The Hall–Kier alpha value is -4.84. The van der Waals surface area contributed by atoms with Crippen LogP contribution in [0.3, 0.4) is 0 Å². The van der Waals surface area contributed by atoms with Gasteiger partial charge in [-0.25, -0.2) is 8.42 Å². The highest BCUT2D eigenvalue weighted by atomic mass is 32.2. The Morgan fingerprint density at radius 1 is 0.907 bits per heavy atom. The van der Waals surface area contributed by atoms with Crippen molar-refractivity contribution in [3.8, 4) is 11.6 Å². The fraction of sp³-hybridized carbons (Fsp3) is 0.161. The molecule has 0 aliphatic rings. The fourth-order valence-electron chi connectivity index (χ4n) is 4.76. The molecule has 0 spiro atoms. The maximum absolute atomic E-state index is 13.7. The first-order valence-corrected chi connectivity index (χ1v) is 14.4. The zero-order valence-electron chi connectivity index (χ0n) is 23.3. The molecule has 0 atom stereocenters. The first-order valence-electron chi connectivity index (χ1n) is 12.9. The number of ether oxygens (including phenoxy) is 2. The third-order valence-corrected chi connectivity index (χ3v) is 8.39. The summed E-state index contributed by atoms with van der Waals surface area (Å²) in [7, 11) is -1.22. The summed E-state index contributed by atoms with van der Waals surface area (Å²) in [6, 6.07) is 20.0. The number of aromatic nitrogens is 2. The summed E-state index contributed by atoms with van der Waals surface area (Å²) in [6.45, 7) is 1.89. The molecular weight excluding hydrogens is 583 g/mol. The molecule has 0 saturated carbocycles. The lowest BCUT2D eigenvalue weighted by atomic mass is 10.0. The average molecular weight is 610 g/mol. The van der Waals surface area contributed by atoms with Gasteiger partial charge in [-0.1, -0.05) is 18.2 Å². The lowest BCUT2D eigenvalue weighted by molar-refractivity contribution is -0.137. The number of benzene rings is 3. The number of pyridine rings is 1. The molecule has 2 heterocycles. The molecule has 0 amide bonds. The van der Waals surface area contributed by atoms with Gasteiger partial charge in [0, 0.05) is 22.7 Å². The van der Waals surface area contributed by atoms with Crippen LogP contribution in [0.15, 0.2) is 89.8 Å². The van der Waals surface area contributed by atoms with E-state index in [0.717, 1.165) is 24.3 Å². The largest absolute Gasteiger partial charge is 0.497 e. The number of halogens is 3. The Balaban J connectivity index is 1.54. The number of anilines is 1. The van der Waals surface area contributed by atoms with Gasteiger partial charge in [0.1, 0.15) is 11.4 Å². The van der Waals surface area contributed by atoms with Crippen LogP contribution in [0.25, 0.3) is 11.0 Å². The fourth-order valence-corrected chi connectivity index (χ4v) is 5.86. The maximum atomic E-state index is 13.7. The first kappa shape index (κ1) is 29.6. The standard InChI is InChI=1S/C31H26F3N3O5S/c1-19-28(29(38)20-8-12-23(41-2)13-9-20)25-16-17-27(42-3)35-30(25)37(19)18-21-6-4-5-7-26(21)36-43(39,40)24-14-10-22(11-15-24)31(32,33)34/h4-17,36H,18H2,1-3H3. The van der Waals surface area contributed by atoms with E-state index in [9.17, 15) is 26.4 Å². The Bertz CT molecular complexity index is 1920. The minimum absolute atomic E-state index is 0.115. The molecule has 1 N–H and O–H groups in total. The van der Waals surface area contributed by atoms with Gasteiger partial charge in [-0.05, 0) is 73.2 Å². The molecule has 2 aromatic heterocycles. The molecule has 43 heavy (non-hydrogen) atoms. The van der Waals surface area contributed by atoms with E-state index in [1.807, 2.05) is 0 Å². The minimum atomic E-state index is -4.59. The van der Waals surface area contributed by atoms with Crippen LogP contribution in [0.2, 0.25) is 0 Å². The normalized spacial score (nSPS) is 11.9. The van der Waals surface area contributed by atoms with E-state index in [1.165, 1.54) is 14.2 Å². The Labute approximate surface area is 245 Å². The van der Waals surface area contributed by atoms with Gasteiger partial charge in [0.2, 0.25) is 5.88 Å². The van der Waals surface area contributed by atoms with E-state index in [-0.39, 0.29) is 22.9 Å². The van der Waals surface area contributed by atoms with E-state index >= 15 is 0 Å². The smallest absolute Gasteiger partial charge is 0.416 e. The lowest BCUT2D eigenvalue weighted by Gasteiger charge is -2.15. The average Bonchev–Trinajstić information content (AvgIpc) is 3.27. The number of para-hydroxylation sites is 1. The van der Waals surface area contributed by atoms with Gasteiger partial charge in [-0.3, -0.25) is 9.52 Å². The SMILES string of the molecule is COc1ccc(C(=O)c2c(C)n(Cc3ccccc3NS(=O)(=O)c3ccc(C(F)(F)F)cc3)c3nc(OC)ccc23)cc1. The van der Waals surface area contributed by atoms with Crippen molar-refractivity contribution < 1.29 is 35.9 Å². The number of carbonyl (C=O) groups excluding carboxylic acids is 1. The van der Waals surface area contributed by atoms with Crippen LogP contribution in [0.1, 0.15) is 32.7 Å². The molecule has 12 heteroatoms. The molecular formula is C31H26F3N3O5S. The zero-order valence-corrected chi connectivity index (χ0v) is 24.1. The molecule has 0 aliphatic heterocycles. The third-order valence-electron chi connectivity index (χ3n) is 7.01. The number of hydrogen-bond acceptors (Lipinski definition) is 6. The number of sulfonamides is 1. The number of hydrogen-bond donors (Lipinski definition) is 1. The number of nitrogens with one attached hydrogen (secondary N) is 1. The summed E-state index contributed by atoms with van der Waals surface area (Å²) < 4.78 is 80.1. The second-order valence-electron chi connectivity index (χ2n) is 9.61. The second-order valence-corrected chi connectivity index (χ2v) is 11.3. The highest BCUT2D eigenvalue weighted by Crippen LogP contribution is 2.32. The monoisotopic (exact) mass is 609 g/mol. The van der Waals surface area contributed by atoms with Crippen molar-refractivity contribution >= 4 is 32.5 Å². The summed E-state index contributed by atoms with van der Waals surface area (Å²) in [5, 5.41) is 0.585. The van der Waals surface area contributed by atoms with Crippen molar-refractivity contribution in [1.29, 1.82) is 0 Å². The van der Waals surface area contributed by atoms with E-state index in [0.29, 0.717) is 45.0 Å². The number of rotatable bonds is 9. The number of fused-ring (bicyclic) bond motifs is 1. The van der Waals surface area contributed by atoms with Gasteiger partial charge >= 0.3 is 6.18 Å². The van der Waals surface area contributed by atoms with Crippen molar-refractivity contribution in [2.45, 2.75) is 24.5 Å². The number of carbonyl (C=O) groups is 1.